The molecule has 106 valence electrons. The van der Waals surface area contributed by atoms with Crippen LogP contribution in [0.25, 0.3) is 0 Å². The first-order valence-electron chi connectivity index (χ1n) is 7.17. The van der Waals surface area contributed by atoms with Crippen LogP contribution in [0.5, 0.6) is 0 Å². The van der Waals surface area contributed by atoms with Crippen LogP contribution in [0.3, 0.4) is 0 Å². The third-order valence-electron chi connectivity index (χ3n) is 3.35. The monoisotopic (exact) mass is 255 g/mol. The van der Waals surface area contributed by atoms with Crippen molar-refractivity contribution >= 4 is 5.91 Å². The average molecular weight is 255 g/mol. The smallest absolute Gasteiger partial charge is 0.239 e. The third kappa shape index (κ3) is 4.94. The Bertz CT molecular complexity index is 258. The van der Waals surface area contributed by atoms with Crippen molar-refractivity contribution in [2.45, 2.75) is 40.2 Å². The Labute approximate surface area is 111 Å². The van der Waals surface area contributed by atoms with Crippen LogP contribution in [0.2, 0.25) is 0 Å². The van der Waals surface area contributed by atoms with E-state index in [1.807, 2.05) is 4.90 Å². The zero-order valence-electron chi connectivity index (χ0n) is 12.4. The SMILES string of the molecule is CC(C)C[C@@H](N)C(=O)N1CCN(CC(C)C)CC1. The van der Waals surface area contributed by atoms with Crippen molar-refractivity contribution in [1.82, 2.24) is 9.80 Å². The van der Waals surface area contributed by atoms with Gasteiger partial charge in [-0.25, -0.2) is 0 Å². The minimum Gasteiger partial charge on any atom is -0.339 e. The van der Waals surface area contributed by atoms with Crippen LogP contribution in [-0.4, -0.2) is 54.5 Å². The van der Waals surface area contributed by atoms with Gasteiger partial charge in [-0.2, -0.15) is 0 Å². The van der Waals surface area contributed by atoms with E-state index in [4.69, 9.17) is 5.73 Å². The van der Waals surface area contributed by atoms with E-state index in [1.165, 1.54) is 0 Å². The van der Waals surface area contributed by atoms with Crippen LogP contribution in [0.4, 0.5) is 0 Å². The zero-order valence-corrected chi connectivity index (χ0v) is 12.4. The molecule has 1 saturated heterocycles. The minimum atomic E-state index is -0.318. The molecule has 0 aromatic heterocycles. The van der Waals surface area contributed by atoms with Crippen molar-refractivity contribution in [3.05, 3.63) is 0 Å². The number of amides is 1. The Morgan fingerprint density at radius 3 is 2.06 bits per heavy atom. The van der Waals surface area contributed by atoms with E-state index in [0.29, 0.717) is 11.8 Å². The van der Waals surface area contributed by atoms with Gasteiger partial charge in [-0.1, -0.05) is 27.7 Å². The zero-order chi connectivity index (χ0) is 13.7. The van der Waals surface area contributed by atoms with Gasteiger partial charge in [0.1, 0.15) is 0 Å². The van der Waals surface area contributed by atoms with Crippen molar-refractivity contribution in [2.24, 2.45) is 17.6 Å². The molecule has 0 radical (unpaired) electrons. The Kier molecular flexibility index (Phi) is 6.09. The van der Waals surface area contributed by atoms with Crippen LogP contribution in [0.15, 0.2) is 0 Å². The highest BCUT2D eigenvalue weighted by molar-refractivity contribution is 5.81. The molecule has 0 aliphatic carbocycles. The molecule has 0 saturated carbocycles. The number of carbonyl (C=O) groups is 1. The van der Waals surface area contributed by atoms with Crippen molar-refractivity contribution in [3.8, 4) is 0 Å². The molecule has 1 amide bonds. The second-order valence-corrected chi connectivity index (χ2v) is 6.26. The molecular formula is C14H29N3O. The quantitative estimate of drug-likeness (QED) is 0.802. The predicted octanol–water partition coefficient (Wildman–Crippen LogP) is 1.16. The summed E-state index contributed by atoms with van der Waals surface area (Å²) in [5.41, 5.74) is 5.96. The van der Waals surface area contributed by atoms with Crippen molar-refractivity contribution in [1.29, 1.82) is 0 Å². The molecule has 1 heterocycles. The molecule has 1 fully saturated rings. The first kappa shape index (κ1) is 15.4. The lowest BCUT2D eigenvalue weighted by Gasteiger charge is -2.36. The van der Waals surface area contributed by atoms with Gasteiger partial charge >= 0.3 is 0 Å². The molecule has 0 bridgehead atoms. The van der Waals surface area contributed by atoms with E-state index >= 15 is 0 Å². The first-order chi connectivity index (χ1) is 8.40. The Morgan fingerprint density at radius 1 is 1.06 bits per heavy atom. The Hall–Kier alpha value is -0.610. The Balaban J connectivity index is 2.35. The normalized spacial score (nSPS) is 19.6. The lowest BCUT2D eigenvalue weighted by atomic mass is 10.0. The summed E-state index contributed by atoms with van der Waals surface area (Å²) in [5, 5.41) is 0. The lowest BCUT2D eigenvalue weighted by Crippen LogP contribution is -2.53. The van der Waals surface area contributed by atoms with Crippen molar-refractivity contribution in [3.63, 3.8) is 0 Å². The van der Waals surface area contributed by atoms with Crippen LogP contribution in [0, 0.1) is 11.8 Å². The number of hydrogen-bond donors (Lipinski definition) is 1. The number of piperazine rings is 1. The molecule has 0 unspecified atom stereocenters. The summed E-state index contributed by atoms with van der Waals surface area (Å²) in [4.78, 5) is 16.5. The van der Waals surface area contributed by atoms with Gasteiger partial charge in [-0.05, 0) is 18.3 Å². The largest absolute Gasteiger partial charge is 0.339 e. The van der Waals surface area contributed by atoms with Crippen molar-refractivity contribution < 1.29 is 4.79 Å². The molecule has 18 heavy (non-hydrogen) atoms. The van der Waals surface area contributed by atoms with Crippen molar-refractivity contribution in [2.75, 3.05) is 32.7 Å². The molecule has 1 rings (SSSR count). The van der Waals surface area contributed by atoms with Gasteiger partial charge < -0.3 is 10.6 Å². The molecule has 1 atom stereocenters. The number of rotatable bonds is 5. The molecule has 0 spiro atoms. The molecule has 4 heteroatoms. The average Bonchev–Trinajstić information content (AvgIpc) is 2.27. The summed E-state index contributed by atoms with van der Waals surface area (Å²) in [6, 6.07) is -0.318. The Morgan fingerprint density at radius 2 is 1.61 bits per heavy atom. The van der Waals surface area contributed by atoms with Gasteiger partial charge in [0.05, 0.1) is 6.04 Å². The molecule has 0 aromatic rings. The summed E-state index contributed by atoms with van der Waals surface area (Å²) in [6.45, 7) is 13.4. The maximum Gasteiger partial charge on any atom is 0.239 e. The fourth-order valence-corrected chi connectivity index (χ4v) is 2.51. The summed E-state index contributed by atoms with van der Waals surface area (Å²) < 4.78 is 0. The maximum absolute atomic E-state index is 12.1. The fraction of sp³-hybridized carbons (Fsp3) is 0.929. The van der Waals surface area contributed by atoms with Gasteiger partial charge in [-0.15, -0.1) is 0 Å². The number of hydrogen-bond acceptors (Lipinski definition) is 3. The third-order valence-corrected chi connectivity index (χ3v) is 3.35. The standard InChI is InChI=1S/C14H29N3O/c1-11(2)9-13(15)14(18)17-7-5-16(6-8-17)10-12(3)4/h11-13H,5-10,15H2,1-4H3/t13-/m1/s1. The molecule has 2 N–H and O–H groups in total. The van der Waals surface area contributed by atoms with Crippen LogP contribution < -0.4 is 5.73 Å². The summed E-state index contributed by atoms with van der Waals surface area (Å²) in [7, 11) is 0. The number of nitrogens with two attached hydrogens (primary N) is 1. The predicted molar refractivity (Wildman–Crippen MR) is 75.3 cm³/mol. The van der Waals surface area contributed by atoms with Crippen LogP contribution >= 0.6 is 0 Å². The second kappa shape index (κ2) is 7.10. The second-order valence-electron chi connectivity index (χ2n) is 6.26. The highest BCUT2D eigenvalue weighted by Gasteiger charge is 2.25. The van der Waals surface area contributed by atoms with Crippen LogP contribution in [0.1, 0.15) is 34.1 Å². The van der Waals surface area contributed by atoms with E-state index < -0.39 is 0 Å². The lowest BCUT2D eigenvalue weighted by molar-refractivity contribution is -0.134. The van der Waals surface area contributed by atoms with E-state index in [1.54, 1.807) is 0 Å². The van der Waals surface area contributed by atoms with Crippen LogP contribution in [-0.2, 0) is 4.79 Å². The number of nitrogens with zero attached hydrogens (tertiary/aromatic N) is 2. The van der Waals surface area contributed by atoms with Gasteiger partial charge in [0.25, 0.3) is 0 Å². The van der Waals surface area contributed by atoms with E-state index in [-0.39, 0.29) is 11.9 Å². The molecule has 4 nitrogen and oxygen atoms in total. The van der Waals surface area contributed by atoms with E-state index in [2.05, 4.69) is 32.6 Å². The topological polar surface area (TPSA) is 49.6 Å². The van der Waals surface area contributed by atoms with E-state index in [9.17, 15) is 4.79 Å². The van der Waals surface area contributed by atoms with Gasteiger partial charge in [0.2, 0.25) is 5.91 Å². The molecule has 0 aromatic carbocycles. The van der Waals surface area contributed by atoms with Gasteiger partial charge in [-0.3, -0.25) is 9.69 Å². The molecular weight excluding hydrogens is 226 g/mol. The summed E-state index contributed by atoms with van der Waals surface area (Å²) >= 11 is 0. The molecule has 1 aliphatic heterocycles. The highest BCUT2D eigenvalue weighted by Crippen LogP contribution is 2.09. The van der Waals surface area contributed by atoms with Gasteiger partial charge in [0.15, 0.2) is 0 Å². The first-order valence-corrected chi connectivity index (χ1v) is 7.17. The summed E-state index contributed by atoms with van der Waals surface area (Å²) in [6.07, 6.45) is 0.783. The summed E-state index contributed by atoms with van der Waals surface area (Å²) in [5.74, 6) is 1.30. The van der Waals surface area contributed by atoms with E-state index in [0.717, 1.165) is 39.1 Å². The molecule has 1 aliphatic rings. The highest BCUT2D eigenvalue weighted by atomic mass is 16.2. The maximum atomic E-state index is 12.1. The number of carbonyl (C=O) groups excluding carboxylic acids is 1. The fourth-order valence-electron chi connectivity index (χ4n) is 2.51. The minimum absolute atomic E-state index is 0.132. The van der Waals surface area contributed by atoms with Gasteiger partial charge in [0, 0.05) is 32.7 Å².